The number of azide groups is 1. The van der Waals surface area contributed by atoms with Gasteiger partial charge < -0.3 is 0 Å². The van der Waals surface area contributed by atoms with Crippen LogP contribution in [0, 0.1) is 29.1 Å². The van der Waals surface area contributed by atoms with Crippen molar-refractivity contribution in [3.05, 3.63) is 45.1 Å². The summed E-state index contributed by atoms with van der Waals surface area (Å²) < 4.78 is 63.8. The maximum atomic E-state index is 13.0. The lowest BCUT2D eigenvalue weighted by Crippen LogP contribution is -2.08. The Hall–Kier alpha value is -1.82. The fourth-order valence-corrected chi connectivity index (χ4v) is 1.08. The van der Waals surface area contributed by atoms with Crippen molar-refractivity contribution in [1.29, 1.82) is 0 Å². The summed E-state index contributed by atoms with van der Waals surface area (Å²) in [6, 6.07) is 0. The summed E-state index contributed by atoms with van der Waals surface area (Å²) in [6.45, 7) is -0.394. The highest BCUT2D eigenvalue weighted by atomic mass is 19.2. The van der Waals surface area contributed by atoms with E-state index in [4.69, 9.17) is 5.53 Å². The highest BCUT2D eigenvalue weighted by Gasteiger charge is 2.24. The average molecular weight is 237 g/mol. The average Bonchev–Trinajstić information content (AvgIpc) is 2.28. The molecule has 86 valence electrons. The van der Waals surface area contributed by atoms with Crippen molar-refractivity contribution < 1.29 is 22.0 Å². The van der Waals surface area contributed by atoms with Crippen molar-refractivity contribution in [2.24, 2.45) is 5.11 Å². The first-order valence-corrected chi connectivity index (χ1v) is 4.01. The number of hydrogen-bond donors (Lipinski definition) is 0. The SMILES string of the molecule is [N-]=[N+]=NCCc1c(F)c(F)c(F)c(F)c1F. The summed E-state index contributed by atoms with van der Waals surface area (Å²) in [7, 11) is 0. The van der Waals surface area contributed by atoms with Crippen LogP contribution in [0.2, 0.25) is 0 Å². The Morgan fingerprint density at radius 3 is 1.75 bits per heavy atom. The van der Waals surface area contributed by atoms with Crippen molar-refractivity contribution in [3.8, 4) is 0 Å². The Bertz CT molecular complexity index is 438. The summed E-state index contributed by atoms with van der Waals surface area (Å²) in [6.07, 6.45) is -0.560. The van der Waals surface area contributed by atoms with E-state index in [9.17, 15) is 22.0 Å². The Labute approximate surface area is 86.1 Å². The Kier molecular flexibility index (Phi) is 3.68. The topological polar surface area (TPSA) is 48.8 Å². The molecular formula is C8H4F5N3. The number of hydrogen-bond acceptors (Lipinski definition) is 1. The Morgan fingerprint density at radius 2 is 1.31 bits per heavy atom. The van der Waals surface area contributed by atoms with Gasteiger partial charge in [0.25, 0.3) is 0 Å². The molecule has 1 aromatic carbocycles. The van der Waals surface area contributed by atoms with Crippen LogP contribution >= 0.6 is 0 Å². The maximum Gasteiger partial charge on any atom is 0.200 e. The van der Waals surface area contributed by atoms with Crippen LogP contribution in [0.5, 0.6) is 0 Å². The van der Waals surface area contributed by atoms with Crippen molar-refractivity contribution in [2.75, 3.05) is 6.54 Å². The van der Waals surface area contributed by atoms with Gasteiger partial charge in [-0.15, -0.1) is 0 Å². The van der Waals surface area contributed by atoms with Crippen LogP contribution in [-0.2, 0) is 6.42 Å². The zero-order valence-corrected chi connectivity index (χ0v) is 7.65. The molecule has 16 heavy (non-hydrogen) atoms. The summed E-state index contributed by atoms with van der Waals surface area (Å²) in [4.78, 5) is 2.29. The molecule has 0 aromatic heterocycles. The largest absolute Gasteiger partial charge is 0.203 e. The minimum atomic E-state index is -2.21. The molecule has 0 unspecified atom stereocenters. The molecule has 0 aliphatic rings. The predicted octanol–water partition coefficient (Wildman–Crippen LogP) is 3.23. The van der Waals surface area contributed by atoms with Gasteiger partial charge in [0.1, 0.15) is 0 Å². The van der Waals surface area contributed by atoms with Crippen molar-refractivity contribution in [2.45, 2.75) is 6.42 Å². The number of nitrogens with zero attached hydrogens (tertiary/aromatic N) is 3. The van der Waals surface area contributed by atoms with Crippen molar-refractivity contribution >= 4 is 0 Å². The molecule has 1 rings (SSSR count). The Balaban J connectivity index is 3.22. The van der Waals surface area contributed by atoms with E-state index in [0.29, 0.717) is 0 Å². The van der Waals surface area contributed by atoms with Gasteiger partial charge in [-0.05, 0) is 12.0 Å². The van der Waals surface area contributed by atoms with Gasteiger partial charge in [0.15, 0.2) is 23.3 Å². The predicted molar refractivity (Wildman–Crippen MR) is 43.9 cm³/mol. The smallest absolute Gasteiger partial charge is 0.200 e. The van der Waals surface area contributed by atoms with Crippen LogP contribution < -0.4 is 0 Å². The van der Waals surface area contributed by atoms with E-state index in [1.807, 2.05) is 0 Å². The van der Waals surface area contributed by atoms with E-state index >= 15 is 0 Å². The third-order valence-corrected chi connectivity index (χ3v) is 1.83. The molecule has 0 saturated carbocycles. The van der Waals surface area contributed by atoms with E-state index in [0.717, 1.165) is 0 Å². The first-order chi connectivity index (χ1) is 7.50. The van der Waals surface area contributed by atoms with Gasteiger partial charge in [-0.3, -0.25) is 0 Å². The summed E-state index contributed by atoms with van der Waals surface area (Å²) in [5.41, 5.74) is 6.92. The molecule has 0 heterocycles. The first-order valence-electron chi connectivity index (χ1n) is 4.01. The molecule has 0 fully saturated rings. The molecule has 3 nitrogen and oxygen atoms in total. The second-order valence-electron chi connectivity index (χ2n) is 2.75. The van der Waals surface area contributed by atoms with Crippen LogP contribution in [0.15, 0.2) is 5.11 Å². The summed E-state index contributed by atoms with van der Waals surface area (Å²) >= 11 is 0. The standard InChI is InChI=1S/C8H4F5N3/c9-4-3(1-2-15-16-14)5(10)7(12)8(13)6(4)11/h1-2H2. The maximum absolute atomic E-state index is 13.0. The molecule has 0 saturated heterocycles. The summed E-state index contributed by atoms with van der Waals surface area (Å²) in [5.74, 6) is -10.0. The third kappa shape index (κ3) is 2.06. The zero-order valence-electron chi connectivity index (χ0n) is 7.65. The van der Waals surface area contributed by atoms with Crippen LogP contribution in [0.3, 0.4) is 0 Å². The minimum absolute atomic E-state index is 0.394. The van der Waals surface area contributed by atoms with Crippen molar-refractivity contribution in [1.82, 2.24) is 0 Å². The lowest BCUT2D eigenvalue weighted by atomic mass is 10.1. The molecule has 1 aromatic rings. The quantitative estimate of drug-likeness (QED) is 0.193. The monoisotopic (exact) mass is 237 g/mol. The van der Waals surface area contributed by atoms with Crippen LogP contribution in [0.1, 0.15) is 5.56 Å². The molecule has 0 radical (unpaired) electrons. The molecule has 0 spiro atoms. The zero-order chi connectivity index (χ0) is 12.3. The summed E-state index contributed by atoms with van der Waals surface area (Å²) in [5, 5.41) is 2.94. The molecule has 0 bridgehead atoms. The van der Waals surface area contributed by atoms with Crippen LogP contribution in [0.4, 0.5) is 22.0 Å². The van der Waals surface area contributed by atoms with E-state index < -0.39 is 47.6 Å². The first kappa shape index (κ1) is 12.3. The molecule has 8 heteroatoms. The highest BCUT2D eigenvalue weighted by molar-refractivity contribution is 5.24. The van der Waals surface area contributed by atoms with Gasteiger partial charge in [-0.25, -0.2) is 22.0 Å². The van der Waals surface area contributed by atoms with Crippen LogP contribution in [-0.4, -0.2) is 6.54 Å². The number of rotatable bonds is 3. The normalized spacial score (nSPS) is 10.1. The van der Waals surface area contributed by atoms with E-state index in [1.54, 1.807) is 0 Å². The van der Waals surface area contributed by atoms with Gasteiger partial charge >= 0.3 is 0 Å². The van der Waals surface area contributed by atoms with Gasteiger partial charge in [0.05, 0.1) is 0 Å². The van der Waals surface area contributed by atoms with Gasteiger partial charge in [-0.2, -0.15) is 0 Å². The second-order valence-corrected chi connectivity index (χ2v) is 2.75. The lowest BCUT2D eigenvalue weighted by molar-refractivity contribution is 0.370. The number of benzene rings is 1. The minimum Gasteiger partial charge on any atom is -0.203 e. The highest BCUT2D eigenvalue weighted by Crippen LogP contribution is 2.23. The van der Waals surface area contributed by atoms with Gasteiger partial charge in [-0.1, -0.05) is 5.11 Å². The van der Waals surface area contributed by atoms with Crippen molar-refractivity contribution in [3.63, 3.8) is 0 Å². The fraction of sp³-hybridized carbons (Fsp3) is 0.250. The van der Waals surface area contributed by atoms with E-state index in [2.05, 4.69) is 10.0 Å². The van der Waals surface area contributed by atoms with Crippen LogP contribution in [0.25, 0.3) is 10.4 Å². The molecule has 0 N–H and O–H groups in total. The molecule has 0 aliphatic carbocycles. The molecule has 0 atom stereocenters. The molecule has 0 aliphatic heterocycles. The third-order valence-electron chi connectivity index (χ3n) is 1.83. The fourth-order valence-electron chi connectivity index (χ4n) is 1.08. The number of halogens is 5. The molecular weight excluding hydrogens is 233 g/mol. The van der Waals surface area contributed by atoms with Gasteiger partial charge in [0.2, 0.25) is 5.82 Å². The lowest BCUT2D eigenvalue weighted by Gasteiger charge is -2.06. The molecule has 0 amide bonds. The second kappa shape index (κ2) is 4.80. The van der Waals surface area contributed by atoms with Gasteiger partial charge in [0, 0.05) is 17.0 Å². The van der Waals surface area contributed by atoms with E-state index in [-0.39, 0.29) is 0 Å². The van der Waals surface area contributed by atoms with E-state index in [1.165, 1.54) is 0 Å². The Morgan fingerprint density at radius 1 is 0.875 bits per heavy atom.